The number of halogens is 1. The van der Waals surface area contributed by atoms with Crippen molar-refractivity contribution >= 4 is 28.3 Å². The highest BCUT2D eigenvalue weighted by Gasteiger charge is 2.28. The van der Waals surface area contributed by atoms with Gasteiger partial charge >= 0.3 is 5.69 Å². The molecule has 1 aliphatic rings. The lowest BCUT2D eigenvalue weighted by molar-refractivity contribution is 0.952. The minimum absolute atomic E-state index is 0.389. The Morgan fingerprint density at radius 1 is 1.35 bits per heavy atom. The summed E-state index contributed by atoms with van der Waals surface area (Å²) in [6, 6.07) is 13.3. The van der Waals surface area contributed by atoms with E-state index in [9.17, 15) is 10.1 Å². The summed E-state index contributed by atoms with van der Waals surface area (Å²) in [5.74, 6) is 0.884. The first kappa shape index (κ1) is 16.6. The Morgan fingerprint density at radius 3 is 2.77 bits per heavy atom. The van der Waals surface area contributed by atoms with E-state index in [1.54, 1.807) is 12.1 Å². The van der Waals surface area contributed by atoms with E-state index in [0.717, 1.165) is 29.3 Å². The fraction of sp³-hybridized carbons (Fsp3) is 0.250. The molecule has 0 amide bonds. The van der Waals surface area contributed by atoms with Gasteiger partial charge in [0.25, 0.3) is 0 Å². The summed E-state index contributed by atoms with van der Waals surface area (Å²) >= 11 is 6.35. The van der Waals surface area contributed by atoms with Crippen LogP contribution >= 0.6 is 11.6 Å². The molecule has 0 atom stereocenters. The van der Waals surface area contributed by atoms with Crippen molar-refractivity contribution in [2.24, 2.45) is 0 Å². The molecule has 1 saturated carbocycles. The predicted octanol–water partition coefficient (Wildman–Crippen LogP) is 4.22. The number of nitrogens with zero attached hydrogens (tertiary/aromatic N) is 3. The number of nitrogens with one attached hydrogen (secondary N) is 1. The van der Waals surface area contributed by atoms with E-state index in [1.165, 1.54) is 4.57 Å². The second kappa shape index (κ2) is 6.47. The minimum atomic E-state index is -0.395. The zero-order chi connectivity index (χ0) is 18.3. The SMILES string of the molecule is CCNc1nc(=O)n(-c2ccccc2Cl)c2cc(C3CC3)c(C#N)cc12. The summed E-state index contributed by atoms with van der Waals surface area (Å²) < 4.78 is 1.53. The molecule has 0 saturated heterocycles. The van der Waals surface area contributed by atoms with Crippen LogP contribution < -0.4 is 11.0 Å². The van der Waals surface area contributed by atoms with Gasteiger partial charge in [-0.15, -0.1) is 0 Å². The first-order chi connectivity index (χ1) is 12.6. The zero-order valence-electron chi connectivity index (χ0n) is 14.3. The van der Waals surface area contributed by atoms with Gasteiger partial charge in [0.2, 0.25) is 0 Å². The number of aromatic nitrogens is 2. The van der Waals surface area contributed by atoms with Crippen molar-refractivity contribution in [1.29, 1.82) is 5.26 Å². The largest absolute Gasteiger partial charge is 0.370 e. The van der Waals surface area contributed by atoms with Crippen molar-refractivity contribution in [3.8, 4) is 11.8 Å². The van der Waals surface area contributed by atoms with Gasteiger partial charge in [0, 0.05) is 11.9 Å². The van der Waals surface area contributed by atoms with Gasteiger partial charge in [-0.2, -0.15) is 10.2 Å². The maximum atomic E-state index is 12.8. The van der Waals surface area contributed by atoms with Crippen LogP contribution in [-0.2, 0) is 0 Å². The highest BCUT2D eigenvalue weighted by molar-refractivity contribution is 6.32. The molecule has 1 heterocycles. The normalized spacial score (nSPS) is 13.6. The molecule has 2 aromatic carbocycles. The van der Waals surface area contributed by atoms with E-state index >= 15 is 0 Å². The summed E-state index contributed by atoms with van der Waals surface area (Å²) in [6.07, 6.45) is 2.14. The number of hydrogen-bond donors (Lipinski definition) is 1. The number of nitriles is 1. The summed E-state index contributed by atoms with van der Waals surface area (Å²) in [7, 11) is 0. The maximum absolute atomic E-state index is 12.8. The van der Waals surface area contributed by atoms with Crippen LogP contribution in [0, 0.1) is 11.3 Å². The van der Waals surface area contributed by atoms with Crippen LogP contribution in [0.25, 0.3) is 16.6 Å². The number of fused-ring (bicyclic) bond motifs is 1. The highest BCUT2D eigenvalue weighted by atomic mass is 35.5. The molecular formula is C20H17ClN4O. The lowest BCUT2D eigenvalue weighted by Crippen LogP contribution is -2.24. The fourth-order valence-electron chi connectivity index (χ4n) is 3.28. The van der Waals surface area contributed by atoms with Gasteiger partial charge in [-0.05, 0) is 55.5 Å². The van der Waals surface area contributed by atoms with Crippen molar-refractivity contribution < 1.29 is 0 Å². The summed E-state index contributed by atoms with van der Waals surface area (Å²) in [5, 5.41) is 13.9. The third-order valence-electron chi connectivity index (χ3n) is 4.64. The standard InChI is InChI=1S/C20H17ClN4O/c1-2-23-19-15-9-13(11-22)14(12-7-8-12)10-18(15)25(20(26)24-19)17-6-4-3-5-16(17)21/h3-6,9-10,12H,2,7-8H2,1H3,(H,23,24,26). The van der Waals surface area contributed by atoms with Gasteiger partial charge in [-0.25, -0.2) is 4.79 Å². The average Bonchev–Trinajstić information content (AvgIpc) is 3.47. The molecule has 1 fully saturated rings. The Bertz CT molecular complexity index is 1110. The van der Waals surface area contributed by atoms with Crippen molar-refractivity contribution in [1.82, 2.24) is 9.55 Å². The van der Waals surface area contributed by atoms with Crippen molar-refractivity contribution in [3.05, 3.63) is 63.0 Å². The zero-order valence-corrected chi connectivity index (χ0v) is 15.0. The van der Waals surface area contributed by atoms with Crippen LogP contribution in [0.15, 0.2) is 41.2 Å². The first-order valence-electron chi connectivity index (χ1n) is 8.63. The van der Waals surface area contributed by atoms with Gasteiger partial charge in [-0.1, -0.05) is 23.7 Å². The summed E-state index contributed by atoms with van der Waals surface area (Å²) in [6.45, 7) is 2.57. The van der Waals surface area contributed by atoms with Gasteiger partial charge in [-0.3, -0.25) is 4.57 Å². The van der Waals surface area contributed by atoms with E-state index in [2.05, 4.69) is 16.4 Å². The first-order valence-corrected chi connectivity index (χ1v) is 9.01. The van der Waals surface area contributed by atoms with Crippen LogP contribution in [0.5, 0.6) is 0 Å². The molecule has 0 unspecified atom stereocenters. The second-order valence-electron chi connectivity index (χ2n) is 6.40. The molecule has 0 bridgehead atoms. The molecule has 130 valence electrons. The molecule has 0 spiro atoms. The molecule has 4 rings (SSSR count). The van der Waals surface area contributed by atoms with Crippen molar-refractivity contribution in [3.63, 3.8) is 0 Å². The molecule has 5 nitrogen and oxygen atoms in total. The van der Waals surface area contributed by atoms with E-state index in [1.807, 2.05) is 31.2 Å². The molecule has 0 aliphatic heterocycles. The monoisotopic (exact) mass is 364 g/mol. The number of benzene rings is 2. The maximum Gasteiger partial charge on any atom is 0.354 e. The second-order valence-corrected chi connectivity index (χ2v) is 6.81. The Hall–Kier alpha value is -2.84. The molecule has 1 aliphatic carbocycles. The molecule has 0 radical (unpaired) electrons. The Labute approximate surface area is 155 Å². The Kier molecular flexibility index (Phi) is 4.14. The number of rotatable bonds is 4. The van der Waals surface area contributed by atoms with E-state index < -0.39 is 5.69 Å². The number of hydrogen-bond acceptors (Lipinski definition) is 4. The lowest BCUT2D eigenvalue weighted by Gasteiger charge is -2.16. The molecular weight excluding hydrogens is 348 g/mol. The summed E-state index contributed by atoms with van der Waals surface area (Å²) in [4.78, 5) is 17.0. The van der Waals surface area contributed by atoms with E-state index in [0.29, 0.717) is 34.6 Å². The third kappa shape index (κ3) is 2.73. The van der Waals surface area contributed by atoms with Crippen LogP contribution in [0.3, 0.4) is 0 Å². The number of para-hydroxylation sites is 1. The van der Waals surface area contributed by atoms with Crippen LogP contribution in [0.2, 0.25) is 5.02 Å². The van der Waals surface area contributed by atoms with Gasteiger partial charge in [0.1, 0.15) is 5.82 Å². The molecule has 1 aromatic heterocycles. The van der Waals surface area contributed by atoms with Crippen LogP contribution in [0.1, 0.15) is 36.8 Å². The minimum Gasteiger partial charge on any atom is -0.370 e. The van der Waals surface area contributed by atoms with Gasteiger partial charge in [0.15, 0.2) is 0 Å². The quantitative estimate of drug-likeness (QED) is 0.752. The molecule has 6 heteroatoms. The molecule has 26 heavy (non-hydrogen) atoms. The van der Waals surface area contributed by atoms with Crippen molar-refractivity contribution in [2.45, 2.75) is 25.7 Å². The molecule has 1 N–H and O–H groups in total. The fourth-order valence-corrected chi connectivity index (χ4v) is 3.51. The van der Waals surface area contributed by atoms with Crippen molar-refractivity contribution in [2.75, 3.05) is 11.9 Å². The van der Waals surface area contributed by atoms with Gasteiger partial charge in [0.05, 0.1) is 27.9 Å². The lowest BCUT2D eigenvalue weighted by atomic mass is 10.0. The topological polar surface area (TPSA) is 70.7 Å². The Balaban J connectivity index is 2.12. The molecule has 3 aromatic rings. The average molecular weight is 365 g/mol. The van der Waals surface area contributed by atoms with Crippen LogP contribution in [-0.4, -0.2) is 16.1 Å². The van der Waals surface area contributed by atoms with E-state index in [4.69, 9.17) is 11.6 Å². The Morgan fingerprint density at radius 2 is 2.12 bits per heavy atom. The van der Waals surface area contributed by atoms with Gasteiger partial charge < -0.3 is 5.32 Å². The smallest absolute Gasteiger partial charge is 0.354 e. The van der Waals surface area contributed by atoms with E-state index in [-0.39, 0.29) is 0 Å². The van der Waals surface area contributed by atoms with Crippen LogP contribution in [0.4, 0.5) is 5.82 Å². The number of anilines is 1. The third-order valence-corrected chi connectivity index (χ3v) is 4.96. The summed E-state index contributed by atoms with van der Waals surface area (Å²) in [5.41, 5.74) is 2.55. The predicted molar refractivity (Wildman–Crippen MR) is 103 cm³/mol. The highest BCUT2D eigenvalue weighted by Crippen LogP contribution is 2.43.